The molecule has 0 saturated heterocycles. The fourth-order valence-electron chi connectivity index (χ4n) is 2.36. The minimum Gasteiger partial charge on any atom is -0.395 e. The highest BCUT2D eigenvalue weighted by Crippen LogP contribution is 2.33. The van der Waals surface area contributed by atoms with Gasteiger partial charge in [-0.15, -0.1) is 0 Å². The summed E-state index contributed by atoms with van der Waals surface area (Å²) in [7, 11) is 0. The molecule has 3 nitrogen and oxygen atoms in total. The molecule has 1 aliphatic rings. The van der Waals surface area contributed by atoms with Gasteiger partial charge in [0.1, 0.15) is 0 Å². The first-order chi connectivity index (χ1) is 8.63. The van der Waals surface area contributed by atoms with Crippen LogP contribution in [0.3, 0.4) is 0 Å². The van der Waals surface area contributed by atoms with E-state index in [0.29, 0.717) is 12.6 Å². The Labute approximate surface area is 117 Å². The zero-order valence-corrected chi connectivity index (χ0v) is 12.2. The van der Waals surface area contributed by atoms with Crippen molar-refractivity contribution in [1.29, 1.82) is 0 Å². The highest BCUT2D eigenvalue weighted by atomic mass is 79.9. The summed E-state index contributed by atoms with van der Waals surface area (Å²) in [6.45, 7) is 2.61. The molecule has 1 aromatic carbocycles. The Morgan fingerprint density at radius 2 is 2.17 bits per heavy atom. The van der Waals surface area contributed by atoms with Crippen molar-refractivity contribution >= 4 is 21.6 Å². The highest BCUT2D eigenvalue weighted by Gasteiger charge is 2.25. The lowest BCUT2D eigenvalue weighted by molar-refractivity contribution is 0.198. The number of benzene rings is 1. The second-order valence-corrected chi connectivity index (χ2v) is 5.74. The van der Waals surface area contributed by atoms with Gasteiger partial charge in [0.25, 0.3) is 0 Å². The summed E-state index contributed by atoms with van der Waals surface area (Å²) in [4.78, 5) is 2.26. The van der Waals surface area contributed by atoms with E-state index in [-0.39, 0.29) is 6.61 Å². The maximum Gasteiger partial charge on any atom is 0.0772 e. The lowest BCUT2D eigenvalue weighted by atomic mass is 9.91. The molecule has 0 spiro atoms. The Morgan fingerprint density at radius 3 is 2.61 bits per heavy atom. The monoisotopic (exact) mass is 313 g/mol. The molecule has 0 unspecified atom stereocenters. The molecule has 0 heterocycles. The van der Waals surface area contributed by atoms with Crippen LogP contribution in [0.1, 0.15) is 37.9 Å². The van der Waals surface area contributed by atoms with E-state index >= 15 is 0 Å². The molecule has 1 aliphatic carbocycles. The summed E-state index contributed by atoms with van der Waals surface area (Å²) < 4.78 is 0.928. The van der Waals surface area contributed by atoms with Gasteiger partial charge in [0.15, 0.2) is 0 Å². The van der Waals surface area contributed by atoms with Crippen molar-refractivity contribution in [3.05, 3.63) is 28.2 Å². The van der Waals surface area contributed by atoms with Crippen molar-refractivity contribution in [2.75, 3.05) is 18.1 Å². The van der Waals surface area contributed by atoms with Crippen molar-refractivity contribution in [2.24, 2.45) is 0 Å². The molecule has 0 aromatic heterocycles. The Balaban J connectivity index is 2.22. The number of rotatable bonds is 5. The summed E-state index contributed by atoms with van der Waals surface area (Å²) in [5, 5.41) is 18.8. The van der Waals surface area contributed by atoms with Gasteiger partial charge in [0, 0.05) is 22.7 Å². The van der Waals surface area contributed by atoms with E-state index in [4.69, 9.17) is 0 Å². The molecule has 0 aliphatic heterocycles. The smallest absolute Gasteiger partial charge is 0.0772 e. The SMILES string of the molecule is C[C@@H](O)c1ccc(N(CCO)C2CCC2)cc1Br. The number of halogens is 1. The summed E-state index contributed by atoms with van der Waals surface area (Å²) in [5.41, 5.74) is 2.02. The van der Waals surface area contributed by atoms with Crippen LogP contribution in [0.2, 0.25) is 0 Å². The molecule has 100 valence electrons. The van der Waals surface area contributed by atoms with Crippen LogP contribution in [-0.4, -0.2) is 29.4 Å². The van der Waals surface area contributed by atoms with Gasteiger partial charge < -0.3 is 15.1 Å². The molecular weight excluding hydrogens is 294 g/mol. The number of aliphatic hydroxyl groups excluding tert-OH is 2. The van der Waals surface area contributed by atoms with Crippen LogP contribution in [0.15, 0.2) is 22.7 Å². The van der Waals surface area contributed by atoms with E-state index in [0.717, 1.165) is 15.7 Å². The normalized spacial score (nSPS) is 17.3. The Morgan fingerprint density at radius 1 is 1.44 bits per heavy atom. The molecule has 0 bridgehead atoms. The van der Waals surface area contributed by atoms with Gasteiger partial charge in [0.05, 0.1) is 12.7 Å². The molecule has 2 N–H and O–H groups in total. The van der Waals surface area contributed by atoms with E-state index < -0.39 is 6.10 Å². The topological polar surface area (TPSA) is 43.7 Å². The number of aliphatic hydroxyl groups is 2. The van der Waals surface area contributed by atoms with Crippen LogP contribution < -0.4 is 4.90 Å². The maximum absolute atomic E-state index is 9.62. The van der Waals surface area contributed by atoms with Crippen molar-refractivity contribution in [2.45, 2.75) is 38.3 Å². The molecular formula is C14H20BrNO2. The first kappa shape index (κ1) is 13.8. The largest absolute Gasteiger partial charge is 0.395 e. The molecule has 4 heteroatoms. The summed E-state index contributed by atoms with van der Waals surface area (Å²) in [5.74, 6) is 0. The third-order valence-corrected chi connectivity index (χ3v) is 4.31. The number of nitrogens with zero attached hydrogens (tertiary/aromatic N) is 1. The molecule has 1 aromatic rings. The van der Waals surface area contributed by atoms with E-state index in [2.05, 4.69) is 20.8 Å². The minimum absolute atomic E-state index is 0.173. The van der Waals surface area contributed by atoms with Crippen molar-refractivity contribution in [1.82, 2.24) is 0 Å². The first-order valence-electron chi connectivity index (χ1n) is 6.48. The molecule has 1 saturated carbocycles. The van der Waals surface area contributed by atoms with Crippen molar-refractivity contribution in [3.63, 3.8) is 0 Å². The fraction of sp³-hybridized carbons (Fsp3) is 0.571. The Bertz CT molecular complexity index is 405. The zero-order valence-electron chi connectivity index (χ0n) is 10.6. The third-order valence-electron chi connectivity index (χ3n) is 3.62. The predicted octanol–water partition coefficient (Wildman–Crippen LogP) is 2.85. The summed E-state index contributed by atoms with van der Waals surface area (Å²) in [6.07, 6.45) is 3.22. The number of hydrogen-bond donors (Lipinski definition) is 2. The molecule has 1 fully saturated rings. The number of hydrogen-bond acceptors (Lipinski definition) is 3. The fourth-order valence-corrected chi connectivity index (χ4v) is 3.06. The van der Waals surface area contributed by atoms with Crippen LogP contribution >= 0.6 is 15.9 Å². The second kappa shape index (κ2) is 6.04. The molecule has 18 heavy (non-hydrogen) atoms. The lowest BCUT2D eigenvalue weighted by Crippen LogP contribution is -2.41. The third kappa shape index (κ3) is 2.87. The van der Waals surface area contributed by atoms with E-state index in [1.807, 2.05) is 18.2 Å². The van der Waals surface area contributed by atoms with Gasteiger partial charge in [0.2, 0.25) is 0 Å². The zero-order chi connectivity index (χ0) is 13.1. The van der Waals surface area contributed by atoms with Crippen LogP contribution in [0, 0.1) is 0 Å². The van der Waals surface area contributed by atoms with Crippen LogP contribution in [-0.2, 0) is 0 Å². The van der Waals surface area contributed by atoms with Crippen LogP contribution in [0.4, 0.5) is 5.69 Å². The molecule has 1 atom stereocenters. The molecule has 0 amide bonds. The van der Waals surface area contributed by atoms with E-state index in [9.17, 15) is 10.2 Å². The number of anilines is 1. The van der Waals surface area contributed by atoms with Crippen molar-refractivity contribution < 1.29 is 10.2 Å². The standard InChI is InChI=1S/C14H20BrNO2/c1-10(18)13-6-5-12(9-14(13)15)16(7-8-17)11-3-2-4-11/h5-6,9-11,17-18H,2-4,7-8H2,1H3/t10-/m1/s1. The summed E-state index contributed by atoms with van der Waals surface area (Å²) in [6, 6.07) is 6.57. The summed E-state index contributed by atoms with van der Waals surface area (Å²) >= 11 is 3.51. The van der Waals surface area contributed by atoms with Crippen LogP contribution in [0.25, 0.3) is 0 Å². The maximum atomic E-state index is 9.62. The Hall–Kier alpha value is -0.580. The van der Waals surface area contributed by atoms with Gasteiger partial charge in [-0.2, -0.15) is 0 Å². The van der Waals surface area contributed by atoms with E-state index in [1.54, 1.807) is 6.92 Å². The van der Waals surface area contributed by atoms with Crippen LogP contribution in [0.5, 0.6) is 0 Å². The lowest BCUT2D eigenvalue weighted by Gasteiger charge is -2.39. The van der Waals surface area contributed by atoms with Gasteiger partial charge in [-0.3, -0.25) is 0 Å². The van der Waals surface area contributed by atoms with Gasteiger partial charge >= 0.3 is 0 Å². The van der Waals surface area contributed by atoms with Gasteiger partial charge in [-0.25, -0.2) is 0 Å². The average Bonchev–Trinajstić information content (AvgIpc) is 2.25. The minimum atomic E-state index is -0.469. The van der Waals surface area contributed by atoms with E-state index in [1.165, 1.54) is 19.3 Å². The van der Waals surface area contributed by atoms with Gasteiger partial charge in [-0.05, 0) is 43.9 Å². The quantitative estimate of drug-likeness (QED) is 0.878. The second-order valence-electron chi connectivity index (χ2n) is 4.88. The predicted molar refractivity (Wildman–Crippen MR) is 76.8 cm³/mol. The Kier molecular flexibility index (Phi) is 4.65. The van der Waals surface area contributed by atoms with Crippen molar-refractivity contribution in [3.8, 4) is 0 Å². The highest BCUT2D eigenvalue weighted by molar-refractivity contribution is 9.10. The first-order valence-corrected chi connectivity index (χ1v) is 7.27. The van der Waals surface area contributed by atoms with Gasteiger partial charge in [-0.1, -0.05) is 22.0 Å². The molecule has 2 rings (SSSR count). The average molecular weight is 314 g/mol. The molecule has 0 radical (unpaired) electrons.